The molecule has 0 aliphatic carbocycles. The summed E-state index contributed by atoms with van der Waals surface area (Å²) in [6.45, 7) is 5.10. The van der Waals surface area contributed by atoms with E-state index in [2.05, 4.69) is 40.9 Å². The van der Waals surface area contributed by atoms with Gasteiger partial charge in [-0.25, -0.2) is 9.97 Å². The zero-order chi connectivity index (χ0) is 18.8. The molecule has 1 atom stereocenters. The monoisotopic (exact) mass is 380 g/mol. The number of piperidine rings is 1. The van der Waals surface area contributed by atoms with Gasteiger partial charge in [-0.1, -0.05) is 17.8 Å². The minimum atomic E-state index is 0.214. The van der Waals surface area contributed by atoms with Gasteiger partial charge >= 0.3 is 0 Å². The van der Waals surface area contributed by atoms with E-state index in [0.29, 0.717) is 11.8 Å². The lowest BCUT2D eigenvalue weighted by Crippen LogP contribution is -2.42. The van der Waals surface area contributed by atoms with Crippen molar-refractivity contribution in [1.29, 1.82) is 0 Å². The van der Waals surface area contributed by atoms with Crippen LogP contribution in [0.1, 0.15) is 31.7 Å². The second-order valence-electron chi connectivity index (χ2n) is 7.21. The van der Waals surface area contributed by atoms with Crippen molar-refractivity contribution in [3.8, 4) is 11.4 Å². The molecule has 6 heteroatoms. The summed E-state index contributed by atoms with van der Waals surface area (Å²) in [5, 5.41) is 0.865. The van der Waals surface area contributed by atoms with E-state index in [4.69, 9.17) is 0 Å². The molecule has 1 N–H and O–H groups in total. The maximum absolute atomic E-state index is 12.5. The smallest absolute Gasteiger partial charge is 0.233 e. The summed E-state index contributed by atoms with van der Waals surface area (Å²) in [7, 11) is 0. The molecular weight excluding hydrogens is 356 g/mol. The molecule has 27 heavy (non-hydrogen) atoms. The quantitative estimate of drug-likeness (QED) is 0.680. The molecule has 1 unspecified atom stereocenters. The lowest BCUT2D eigenvalue weighted by atomic mass is 10.0. The molecule has 1 saturated heterocycles. The first kappa shape index (κ1) is 18.0. The number of aromatic amines is 1. The van der Waals surface area contributed by atoms with Gasteiger partial charge in [-0.05, 0) is 62.9 Å². The zero-order valence-corrected chi connectivity index (χ0v) is 16.6. The van der Waals surface area contributed by atoms with E-state index in [-0.39, 0.29) is 5.91 Å². The standard InChI is InChI=1S/C21H24N4OS/c1-14-6-8-17-18(11-14)24-21(23-17)16-7-9-19(22-12-16)27-13-20(26)25-10-4-3-5-15(25)2/h6-9,11-12,15H,3-5,10,13H2,1-2H3,(H,23,24). The average molecular weight is 381 g/mol. The maximum atomic E-state index is 12.5. The normalized spacial score (nSPS) is 17.4. The average Bonchev–Trinajstić information content (AvgIpc) is 3.10. The first-order valence-electron chi connectivity index (χ1n) is 9.45. The fourth-order valence-electron chi connectivity index (χ4n) is 3.55. The molecule has 0 radical (unpaired) electrons. The summed E-state index contributed by atoms with van der Waals surface area (Å²) in [6, 6.07) is 10.5. The van der Waals surface area contributed by atoms with Gasteiger partial charge in [-0.3, -0.25) is 4.79 Å². The molecule has 1 amide bonds. The molecular formula is C21H24N4OS. The Hall–Kier alpha value is -2.34. The number of rotatable bonds is 4. The van der Waals surface area contributed by atoms with Crippen LogP contribution in [0.15, 0.2) is 41.6 Å². The van der Waals surface area contributed by atoms with Crippen LogP contribution >= 0.6 is 11.8 Å². The lowest BCUT2D eigenvalue weighted by molar-refractivity contribution is -0.131. The summed E-state index contributed by atoms with van der Waals surface area (Å²) >= 11 is 1.50. The number of pyridine rings is 1. The number of fused-ring (bicyclic) bond motifs is 1. The number of aromatic nitrogens is 3. The fourth-order valence-corrected chi connectivity index (χ4v) is 4.28. The van der Waals surface area contributed by atoms with Crippen molar-refractivity contribution < 1.29 is 4.79 Å². The number of hydrogen-bond acceptors (Lipinski definition) is 4. The summed E-state index contributed by atoms with van der Waals surface area (Å²) in [5.41, 5.74) is 4.14. The van der Waals surface area contributed by atoms with Crippen LogP contribution < -0.4 is 0 Å². The molecule has 0 saturated carbocycles. The largest absolute Gasteiger partial charge is 0.339 e. The van der Waals surface area contributed by atoms with Crippen molar-refractivity contribution in [2.24, 2.45) is 0 Å². The SMILES string of the molecule is Cc1ccc2nc(-c3ccc(SCC(=O)N4CCCCC4C)nc3)[nH]c2c1. The van der Waals surface area contributed by atoms with E-state index >= 15 is 0 Å². The first-order valence-corrected chi connectivity index (χ1v) is 10.4. The molecule has 140 valence electrons. The number of H-pyrrole nitrogens is 1. The number of amides is 1. The predicted molar refractivity (Wildman–Crippen MR) is 110 cm³/mol. The van der Waals surface area contributed by atoms with E-state index in [9.17, 15) is 4.79 Å². The van der Waals surface area contributed by atoms with Crippen molar-refractivity contribution in [2.75, 3.05) is 12.3 Å². The van der Waals surface area contributed by atoms with E-state index in [1.807, 2.05) is 29.3 Å². The molecule has 0 spiro atoms. The Morgan fingerprint density at radius 2 is 2.19 bits per heavy atom. The Morgan fingerprint density at radius 3 is 2.96 bits per heavy atom. The van der Waals surface area contributed by atoms with Crippen molar-refractivity contribution in [2.45, 2.75) is 44.2 Å². The van der Waals surface area contributed by atoms with E-state index in [1.54, 1.807) is 0 Å². The lowest BCUT2D eigenvalue weighted by Gasteiger charge is -2.33. The molecule has 0 bridgehead atoms. The van der Waals surface area contributed by atoms with E-state index in [1.165, 1.54) is 23.7 Å². The van der Waals surface area contributed by atoms with Gasteiger partial charge in [-0.15, -0.1) is 0 Å². The number of carbonyl (C=O) groups excluding carboxylic acids is 1. The minimum absolute atomic E-state index is 0.214. The van der Waals surface area contributed by atoms with Crippen molar-refractivity contribution >= 4 is 28.7 Å². The van der Waals surface area contributed by atoms with Gasteiger partial charge in [0, 0.05) is 24.3 Å². The third-order valence-electron chi connectivity index (χ3n) is 5.11. The second-order valence-corrected chi connectivity index (χ2v) is 8.21. The predicted octanol–water partition coefficient (Wildman–Crippen LogP) is 4.43. The Kier molecular flexibility index (Phi) is 5.16. The number of thioether (sulfide) groups is 1. The molecule has 4 rings (SSSR count). The number of benzene rings is 1. The fraction of sp³-hybridized carbons (Fsp3) is 0.381. The highest BCUT2D eigenvalue weighted by atomic mass is 32.2. The number of nitrogens with zero attached hydrogens (tertiary/aromatic N) is 3. The number of likely N-dealkylation sites (tertiary alicyclic amines) is 1. The first-order chi connectivity index (χ1) is 13.1. The highest BCUT2D eigenvalue weighted by Gasteiger charge is 2.23. The molecule has 5 nitrogen and oxygen atoms in total. The van der Waals surface area contributed by atoms with E-state index in [0.717, 1.165) is 46.8 Å². The van der Waals surface area contributed by atoms with Gasteiger partial charge in [0.15, 0.2) is 0 Å². The number of nitrogens with one attached hydrogen (secondary N) is 1. The number of hydrogen-bond donors (Lipinski definition) is 1. The van der Waals surface area contributed by atoms with Gasteiger partial charge < -0.3 is 9.88 Å². The molecule has 1 aromatic carbocycles. The summed E-state index contributed by atoms with van der Waals surface area (Å²) in [4.78, 5) is 27.0. The van der Waals surface area contributed by atoms with Crippen molar-refractivity contribution in [1.82, 2.24) is 19.9 Å². The number of imidazole rings is 1. The molecule has 3 heterocycles. The van der Waals surface area contributed by atoms with Crippen LogP contribution in [0.3, 0.4) is 0 Å². The van der Waals surface area contributed by atoms with Crippen molar-refractivity contribution in [3.05, 3.63) is 42.1 Å². The minimum Gasteiger partial charge on any atom is -0.339 e. The third kappa shape index (κ3) is 4.00. The number of aryl methyl sites for hydroxylation is 1. The topological polar surface area (TPSA) is 61.9 Å². The van der Waals surface area contributed by atoms with Crippen LogP contribution in [0.4, 0.5) is 0 Å². The second kappa shape index (κ2) is 7.72. The van der Waals surface area contributed by atoms with Crippen molar-refractivity contribution in [3.63, 3.8) is 0 Å². The van der Waals surface area contributed by atoms with Crippen LogP contribution in [0, 0.1) is 6.92 Å². The van der Waals surface area contributed by atoms with Gasteiger partial charge in [-0.2, -0.15) is 0 Å². The molecule has 1 fully saturated rings. The Labute approximate surface area is 163 Å². The number of carbonyl (C=O) groups is 1. The highest BCUT2D eigenvalue weighted by Crippen LogP contribution is 2.24. The van der Waals surface area contributed by atoms with E-state index < -0.39 is 0 Å². The van der Waals surface area contributed by atoms with Crippen LogP contribution in [0.25, 0.3) is 22.4 Å². The Balaban J connectivity index is 1.41. The molecule has 1 aliphatic rings. The summed E-state index contributed by atoms with van der Waals surface area (Å²) < 4.78 is 0. The van der Waals surface area contributed by atoms with Crippen LogP contribution in [-0.2, 0) is 4.79 Å². The van der Waals surface area contributed by atoms with Gasteiger partial charge in [0.05, 0.1) is 21.8 Å². The molecule has 3 aromatic rings. The van der Waals surface area contributed by atoms with Crippen LogP contribution in [-0.4, -0.2) is 44.1 Å². The summed E-state index contributed by atoms with van der Waals surface area (Å²) in [6.07, 6.45) is 5.27. The van der Waals surface area contributed by atoms with Gasteiger partial charge in [0.1, 0.15) is 5.82 Å². The Morgan fingerprint density at radius 1 is 1.30 bits per heavy atom. The third-order valence-corrected chi connectivity index (χ3v) is 6.04. The maximum Gasteiger partial charge on any atom is 0.233 e. The Bertz CT molecular complexity index is 950. The molecule has 2 aromatic heterocycles. The highest BCUT2D eigenvalue weighted by molar-refractivity contribution is 7.99. The van der Waals surface area contributed by atoms with Crippen LogP contribution in [0.5, 0.6) is 0 Å². The van der Waals surface area contributed by atoms with Gasteiger partial charge in [0.2, 0.25) is 5.91 Å². The van der Waals surface area contributed by atoms with Crippen LogP contribution in [0.2, 0.25) is 0 Å². The zero-order valence-electron chi connectivity index (χ0n) is 15.7. The van der Waals surface area contributed by atoms with Gasteiger partial charge in [0.25, 0.3) is 0 Å². The summed E-state index contributed by atoms with van der Waals surface area (Å²) in [5.74, 6) is 1.48. The molecule has 1 aliphatic heterocycles.